The van der Waals surface area contributed by atoms with Gasteiger partial charge in [0.15, 0.2) is 0 Å². The van der Waals surface area contributed by atoms with Crippen LogP contribution in [0.4, 0.5) is 0 Å². The third-order valence-electron chi connectivity index (χ3n) is 8.19. The maximum Gasteiger partial charge on any atom is 0.305 e. The van der Waals surface area contributed by atoms with E-state index in [0.29, 0.717) is 132 Å². The van der Waals surface area contributed by atoms with E-state index < -0.39 is 0 Å². The molecule has 54 heavy (non-hydrogen) atoms. The number of aryl methyl sites for hydroxylation is 1. The molecule has 0 fully saturated rings. The molecule has 0 atom stereocenters. The van der Waals surface area contributed by atoms with Crippen LogP contribution in [0.25, 0.3) is 0 Å². The van der Waals surface area contributed by atoms with Crippen LogP contribution >= 0.6 is 0 Å². The van der Waals surface area contributed by atoms with Crippen LogP contribution in [0.15, 0.2) is 24.3 Å². The van der Waals surface area contributed by atoms with Crippen LogP contribution in [0.1, 0.15) is 96.5 Å². The zero-order chi connectivity index (χ0) is 38.7. The van der Waals surface area contributed by atoms with E-state index in [0.717, 1.165) is 25.0 Å². The molecule has 1 aromatic carbocycles. The van der Waals surface area contributed by atoms with E-state index >= 15 is 0 Å². The van der Waals surface area contributed by atoms with Gasteiger partial charge in [-0.25, -0.2) is 0 Å². The highest BCUT2D eigenvalue weighted by Crippen LogP contribution is 2.15. The summed E-state index contributed by atoms with van der Waals surface area (Å²) in [7, 11) is 0. The van der Waals surface area contributed by atoms with Crippen LogP contribution < -0.4 is 4.74 Å². The Morgan fingerprint density at radius 1 is 0.389 bits per heavy atom. The van der Waals surface area contributed by atoms with Gasteiger partial charge in [0.05, 0.1) is 119 Å². The monoisotopic (exact) mass is 773 g/mol. The molecule has 12 heteroatoms. The maximum atomic E-state index is 11.6. The van der Waals surface area contributed by atoms with Crippen molar-refractivity contribution < 1.29 is 56.9 Å². The number of carbonyl (C=O) groups excluding carboxylic acids is 1. The number of ether oxygens (including phenoxy) is 11. The summed E-state index contributed by atoms with van der Waals surface area (Å²) >= 11 is 0. The van der Waals surface area contributed by atoms with Crippen LogP contribution in [0.2, 0.25) is 0 Å². The summed E-state index contributed by atoms with van der Waals surface area (Å²) in [6.07, 6.45) is 15.2. The van der Waals surface area contributed by atoms with E-state index in [4.69, 9.17) is 52.1 Å². The number of benzene rings is 1. The van der Waals surface area contributed by atoms with Gasteiger partial charge < -0.3 is 52.1 Å². The van der Waals surface area contributed by atoms with E-state index in [2.05, 4.69) is 26.0 Å². The van der Waals surface area contributed by atoms with Gasteiger partial charge in [-0.3, -0.25) is 4.79 Å². The summed E-state index contributed by atoms with van der Waals surface area (Å²) in [5.41, 5.74) is 1.38. The highest BCUT2D eigenvalue weighted by Gasteiger charge is 2.03. The van der Waals surface area contributed by atoms with Crippen molar-refractivity contribution in [2.45, 2.75) is 97.3 Å². The maximum absolute atomic E-state index is 11.6. The fraction of sp³-hybridized carbons (Fsp3) is 0.833. The molecule has 0 aliphatic rings. The third kappa shape index (κ3) is 37.1. The van der Waals surface area contributed by atoms with Crippen molar-refractivity contribution in [1.82, 2.24) is 0 Å². The van der Waals surface area contributed by atoms with Crippen LogP contribution in [0, 0.1) is 0 Å². The number of hydrogen-bond acceptors (Lipinski definition) is 12. The minimum Gasteiger partial charge on any atom is -0.491 e. The van der Waals surface area contributed by atoms with Crippen molar-refractivity contribution in [2.75, 3.05) is 132 Å². The van der Waals surface area contributed by atoms with Crippen LogP contribution in [0.3, 0.4) is 0 Å². The number of rotatable bonds is 44. The normalized spacial score (nSPS) is 11.4. The molecular weight excluding hydrogens is 696 g/mol. The zero-order valence-electron chi connectivity index (χ0n) is 34.0. The van der Waals surface area contributed by atoms with Crippen LogP contribution in [-0.2, 0) is 58.6 Å². The van der Waals surface area contributed by atoms with E-state index in [1.165, 1.54) is 63.4 Å². The molecule has 0 aliphatic heterocycles. The summed E-state index contributed by atoms with van der Waals surface area (Å²) in [6, 6.07) is 8.43. The Morgan fingerprint density at radius 2 is 0.722 bits per heavy atom. The minimum absolute atomic E-state index is 0.146. The van der Waals surface area contributed by atoms with E-state index in [9.17, 15) is 4.79 Å². The number of esters is 1. The SMILES string of the molecule is CCCCCCCCc1ccc(OCCOCCOCCOCCOCCOCCOCCOCCOCCOCCOC(=O)CCCCCCC)cc1. The summed E-state index contributed by atoms with van der Waals surface area (Å²) in [6.45, 7) is 14.2. The molecule has 0 saturated heterocycles. The molecule has 0 aliphatic carbocycles. The highest BCUT2D eigenvalue weighted by atomic mass is 16.6. The van der Waals surface area contributed by atoms with Gasteiger partial charge in [0.2, 0.25) is 0 Å². The second kappa shape index (κ2) is 42.3. The van der Waals surface area contributed by atoms with Crippen molar-refractivity contribution >= 4 is 5.97 Å². The molecular formula is C42H76O12. The average molecular weight is 773 g/mol. The van der Waals surface area contributed by atoms with Gasteiger partial charge in [-0.2, -0.15) is 0 Å². The predicted octanol–water partition coefficient (Wildman–Crippen LogP) is 7.02. The first kappa shape index (κ1) is 50.1. The van der Waals surface area contributed by atoms with E-state index in [-0.39, 0.29) is 12.6 Å². The first-order valence-corrected chi connectivity index (χ1v) is 20.8. The molecule has 0 aromatic heterocycles. The van der Waals surface area contributed by atoms with E-state index in [1.807, 2.05) is 12.1 Å². The zero-order valence-corrected chi connectivity index (χ0v) is 34.0. The predicted molar refractivity (Wildman–Crippen MR) is 211 cm³/mol. The molecule has 1 aromatic rings. The Morgan fingerprint density at radius 3 is 1.13 bits per heavy atom. The summed E-state index contributed by atoms with van der Waals surface area (Å²) in [5.74, 6) is 0.738. The van der Waals surface area contributed by atoms with Crippen molar-refractivity contribution in [3.05, 3.63) is 29.8 Å². The molecule has 316 valence electrons. The fourth-order valence-electron chi connectivity index (χ4n) is 5.10. The molecule has 0 spiro atoms. The number of hydrogen-bond donors (Lipinski definition) is 0. The smallest absolute Gasteiger partial charge is 0.305 e. The Hall–Kier alpha value is -1.87. The molecule has 0 saturated carbocycles. The van der Waals surface area contributed by atoms with Crippen LogP contribution in [-0.4, -0.2) is 138 Å². The second-order valence-electron chi connectivity index (χ2n) is 12.9. The van der Waals surface area contributed by atoms with E-state index in [1.54, 1.807) is 0 Å². The molecule has 12 nitrogen and oxygen atoms in total. The summed E-state index contributed by atoms with van der Waals surface area (Å²) in [4.78, 5) is 11.6. The molecule has 0 bridgehead atoms. The topological polar surface area (TPSA) is 119 Å². The van der Waals surface area contributed by atoms with Crippen molar-refractivity contribution in [2.24, 2.45) is 0 Å². The minimum atomic E-state index is -0.146. The lowest BCUT2D eigenvalue weighted by Gasteiger charge is -2.09. The molecule has 0 heterocycles. The lowest BCUT2D eigenvalue weighted by molar-refractivity contribution is -0.145. The lowest BCUT2D eigenvalue weighted by Crippen LogP contribution is -2.15. The molecule has 0 unspecified atom stereocenters. The third-order valence-corrected chi connectivity index (χ3v) is 8.19. The average Bonchev–Trinajstić information content (AvgIpc) is 3.18. The Kier molecular flexibility index (Phi) is 39.3. The van der Waals surface area contributed by atoms with Crippen molar-refractivity contribution in [3.63, 3.8) is 0 Å². The standard InChI is InChI=1S/C42H76O12/c1-3-5-7-9-11-12-14-40-16-18-41(19-17-40)53-38-36-51-34-32-49-30-28-47-26-24-45-22-20-44-21-23-46-25-27-48-29-31-50-33-35-52-37-39-54-42(43)15-13-10-8-6-4-2/h16-19H,3-15,20-39H2,1-2H3. The largest absolute Gasteiger partial charge is 0.491 e. The number of carbonyl (C=O) groups is 1. The first-order valence-electron chi connectivity index (χ1n) is 20.8. The summed E-state index contributed by atoms with van der Waals surface area (Å²) in [5, 5.41) is 0. The Bertz CT molecular complexity index is 889. The Labute approximate surface area is 327 Å². The van der Waals surface area contributed by atoms with Gasteiger partial charge in [-0.1, -0.05) is 83.8 Å². The van der Waals surface area contributed by atoms with Gasteiger partial charge in [0.25, 0.3) is 0 Å². The van der Waals surface area contributed by atoms with Crippen molar-refractivity contribution in [3.8, 4) is 5.75 Å². The highest BCUT2D eigenvalue weighted by molar-refractivity contribution is 5.69. The Balaban J connectivity index is 1.68. The van der Waals surface area contributed by atoms with Gasteiger partial charge >= 0.3 is 5.97 Å². The lowest BCUT2D eigenvalue weighted by atomic mass is 10.0. The van der Waals surface area contributed by atoms with Gasteiger partial charge in [-0.15, -0.1) is 0 Å². The molecule has 1 rings (SSSR count). The second-order valence-corrected chi connectivity index (χ2v) is 12.9. The van der Waals surface area contributed by atoms with Gasteiger partial charge in [0, 0.05) is 6.42 Å². The number of unbranched alkanes of at least 4 members (excludes halogenated alkanes) is 9. The molecule has 0 amide bonds. The van der Waals surface area contributed by atoms with Gasteiger partial charge in [-0.05, 0) is 37.0 Å². The fourth-order valence-corrected chi connectivity index (χ4v) is 5.10. The first-order chi connectivity index (χ1) is 26.8. The summed E-state index contributed by atoms with van der Waals surface area (Å²) < 4.78 is 60.5. The quantitative estimate of drug-likeness (QED) is 0.0501. The van der Waals surface area contributed by atoms with Gasteiger partial charge in [0.1, 0.15) is 19.0 Å². The van der Waals surface area contributed by atoms with Crippen molar-refractivity contribution in [1.29, 1.82) is 0 Å². The van der Waals surface area contributed by atoms with Crippen LogP contribution in [0.5, 0.6) is 5.75 Å². The molecule has 0 N–H and O–H groups in total. The molecule has 0 radical (unpaired) electrons.